The smallest absolute Gasteiger partial charge is 0.191 e. The Bertz CT molecular complexity index is 703. The average Bonchev–Trinajstić information content (AvgIpc) is 2.65. The molecule has 0 fully saturated rings. The largest absolute Gasteiger partial charge is 0.497 e. The van der Waals surface area contributed by atoms with Crippen molar-refractivity contribution in [2.24, 2.45) is 4.99 Å². The van der Waals surface area contributed by atoms with E-state index in [2.05, 4.69) is 39.9 Å². The zero-order valence-corrected chi connectivity index (χ0v) is 18.2. The van der Waals surface area contributed by atoms with Gasteiger partial charge in [0.15, 0.2) is 5.96 Å². The van der Waals surface area contributed by atoms with E-state index < -0.39 is 0 Å². The third kappa shape index (κ3) is 6.74. The average molecular weight is 469 g/mol. The van der Waals surface area contributed by atoms with E-state index in [0.717, 1.165) is 36.0 Å². The SMILES string of the molecule is CN=C(NCCc1ccc(OC)cc1)NCc1ccc(OC)c(C)c1.I. The molecule has 0 aliphatic carbocycles. The van der Waals surface area contributed by atoms with Crippen LogP contribution in [0.1, 0.15) is 16.7 Å². The van der Waals surface area contributed by atoms with Crippen molar-refractivity contribution >= 4 is 29.9 Å². The van der Waals surface area contributed by atoms with Crippen LogP contribution in [0.2, 0.25) is 0 Å². The number of hydrogen-bond acceptors (Lipinski definition) is 3. The fourth-order valence-corrected chi connectivity index (χ4v) is 2.57. The lowest BCUT2D eigenvalue weighted by molar-refractivity contribution is 0.411. The number of aliphatic imine (C=N–C) groups is 1. The van der Waals surface area contributed by atoms with Crippen molar-refractivity contribution in [3.05, 3.63) is 59.2 Å². The van der Waals surface area contributed by atoms with Crippen LogP contribution in [0, 0.1) is 6.92 Å². The molecule has 2 aromatic rings. The second-order valence-electron chi connectivity index (χ2n) is 5.75. The Hall–Kier alpha value is -1.96. The summed E-state index contributed by atoms with van der Waals surface area (Å²) < 4.78 is 10.5. The minimum absolute atomic E-state index is 0. The Morgan fingerprint density at radius 3 is 2.23 bits per heavy atom. The summed E-state index contributed by atoms with van der Waals surface area (Å²) in [6, 6.07) is 14.3. The first kappa shape index (κ1) is 22.1. The lowest BCUT2D eigenvalue weighted by Crippen LogP contribution is -2.37. The van der Waals surface area contributed by atoms with Crippen molar-refractivity contribution in [2.75, 3.05) is 27.8 Å². The lowest BCUT2D eigenvalue weighted by atomic mass is 10.1. The molecule has 0 atom stereocenters. The summed E-state index contributed by atoms with van der Waals surface area (Å²) in [7, 11) is 5.15. The summed E-state index contributed by atoms with van der Waals surface area (Å²) in [5, 5.41) is 6.67. The van der Waals surface area contributed by atoms with Crippen LogP contribution in [0.15, 0.2) is 47.5 Å². The number of ether oxygens (including phenoxy) is 2. The molecule has 5 nitrogen and oxygen atoms in total. The molecule has 2 rings (SSSR count). The Morgan fingerprint density at radius 1 is 0.962 bits per heavy atom. The molecule has 0 heterocycles. The quantitative estimate of drug-likeness (QED) is 0.370. The summed E-state index contributed by atoms with van der Waals surface area (Å²) in [6.07, 6.45) is 0.923. The monoisotopic (exact) mass is 469 g/mol. The molecular formula is C20H28IN3O2. The number of halogens is 1. The highest BCUT2D eigenvalue weighted by atomic mass is 127. The molecule has 2 N–H and O–H groups in total. The van der Waals surface area contributed by atoms with Gasteiger partial charge in [0.25, 0.3) is 0 Å². The van der Waals surface area contributed by atoms with Crippen LogP contribution in [0.25, 0.3) is 0 Å². The molecule has 0 radical (unpaired) electrons. The second-order valence-corrected chi connectivity index (χ2v) is 5.75. The van der Waals surface area contributed by atoms with Crippen molar-refractivity contribution in [1.29, 1.82) is 0 Å². The number of rotatable bonds is 7. The van der Waals surface area contributed by atoms with Crippen LogP contribution < -0.4 is 20.1 Å². The van der Waals surface area contributed by atoms with Crippen LogP contribution in [0.3, 0.4) is 0 Å². The topological polar surface area (TPSA) is 54.9 Å². The van der Waals surface area contributed by atoms with E-state index >= 15 is 0 Å². The van der Waals surface area contributed by atoms with Crippen LogP contribution in [-0.2, 0) is 13.0 Å². The zero-order valence-electron chi connectivity index (χ0n) is 15.8. The van der Waals surface area contributed by atoms with Crippen LogP contribution >= 0.6 is 24.0 Å². The van der Waals surface area contributed by atoms with Crippen LogP contribution in [0.5, 0.6) is 11.5 Å². The van der Waals surface area contributed by atoms with E-state index in [1.165, 1.54) is 11.1 Å². The van der Waals surface area contributed by atoms with Crippen molar-refractivity contribution in [1.82, 2.24) is 10.6 Å². The maximum Gasteiger partial charge on any atom is 0.191 e. The summed E-state index contributed by atoms with van der Waals surface area (Å²) in [6.45, 7) is 3.57. The highest BCUT2D eigenvalue weighted by Crippen LogP contribution is 2.18. The molecule has 0 aliphatic heterocycles. The summed E-state index contributed by atoms with van der Waals surface area (Å²) in [5.41, 5.74) is 3.58. The lowest BCUT2D eigenvalue weighted by Gasteiger charge is -2.13. The predicted octanol–water partition coefficient (Wildman–Crippen LogP) is 3.54. The molecule has 6 heteroatoms. The minimum atomic E-state index is 0. The van der Waals surface area contributed by atoms with Crippen molar-refractivity contribution in [3.63, 3.8) is 0 Å². The van der Waals surface area contributed by atoms with Gasteiger partial charge in [0.1, 0.15) is 11.5 Å². The number of nitrogens with zero attached hydrogens (tertiary/aromatic N) is 1. The second kappa shape index (κ2) is 11.6. The Kier molecular flexibility index (Phi) is 9.87. The minimum Gasteiger partial charge on any atom is -0.497 e. The third-order valence-electron chi connectivity index (χ3n) is 4.01. The number of aryl methyl sites for hydroxylation is 1. The number of hydrogen-bond donors (Lipinski definition) is 2. The molecule has 0 spiro atoms. The van der Waals surface area contributed by atoms with E-state index in [9.17, 15) is 0 Å². The zero-order chi connectivity index (χ0) is 18.1. The standard InChI is InChI=1S/C20H27N3O2.HI/c1-15-13-17(7-10-19(15)25-4)14-23-20(21-2)22-12-11-16-5-8-18(24-3)9-6-16;/h5-10,13H,11-12,14H2,1-4H3,(H2,21,22,23);1H. The molecule has 2 aromatic carbocycles. The number of guanidine groups is 1. The predicted molar refractivity (Wildman–Crippen MR) is 118 cm³/mol. The molecule has 0 bridgehead atoms. The molecule has 142 valence electrons. The molecule has 0 saturated heterocycles. The molecule has 0 aromatic heterocycles. The molecule has 0 aliphatic rings. The van der Waals surface area contributed by atoms with Gasteiger partial charge in [-0.3, -0.25) is 4.99 Å². The molecular weight excluding hydrogens is 441 g/mol. The normalized spacial score (nSPS) is 10.7. The first-order valence-electron chi connectivity index (χ1n) is 8.37. The molecule has 0 amide bonds. The van der Waals surface area contributed by atoms with Gasteiger partial charge in [-0.05, 0) is 48.2 Å². The van der Waals surface area contributed by atoms with Gasteiger partial charge >= 0.3 is 0 Å². The highest BCUT2D eigenvalue weighted by molar-refractivity contribution is 14.0. The van der Waals surface area contributed by atoms with Gasteiger partial charge < -0.3 is 20.1 Å². The maximum absolute atomic E-state index is 5.29. The van der Waals surface area contributed by atoms with Gasteiger partial charge in [-0.2, -0.15) is 0 Å². The van der Waals surface area contributed by atoms with Crippen molar-refractivity contribution in [3.8, 4) is 11.5 Å². The van der Waals surface area contributed by atoms with Crippen molar-refractivity contribution in [2.45, 2.75) is 19.9 Å². The summed E-state index contributed by atoms with van der Waals surface area (Å²) in [5.74, 6) is 2.58. The third-order valence-corrected chi connectivity index (χ3v) is 4.01. The summed E-state index contributed by atoms with van der Waals surface area (Å²) >= 11 is 0. The first-order chi connectivity index (χ1) is 12.2. The van der Waals surface area contributed by atoms with Gasteiger partial charge in [-0.1, -0.05) is 24.3 Å². The van der Waals surface area contributed by atoms with Gasteiger partial charge in [-0.25, -0.2) is 0 Å². The fourth-order valence-electron chi connectivity index (χ4n) is 2.57. The first-order valence-corrected chi connectivity index (χ1v) is 8.37. The van der Waals surface area contributed by atoms with Crippen molar-refractivity contribution < 1.29 is 9.47 Å². The molecule has 0 unspecified atom stereocenters. The highest BCUT2D eigenvalue weighted by Gasteiger charge is 2.02. The van der Waals surface area contributed by atoms with E-state index in [1.54, 1.807) is 21.3 Å². The van der Waals surface area contributed by atoms with E-state index in [-0.39, 0.29) is 24.0 Å². The van der Waals surface area contributed by atoms with Gasteiger partial charge in [-0.15, -0.1) is 24.0 Å². The van der Waals surface area contributed by atoms with E-state index in [4.69, 9.17) is 9.47 Å². The van der Waals surface area contributed by atoms with E-state index in [0.29, 0.717) is 6.54 Å². The Morgan fingerprint density at radius 2 is 1.65 bits per heavy atom. The van der Waals surface area contributed by atoms with Gasteiger partial charge in [0.05, 0.1) is 14.2 Å². The summed E-state index contributed by atoms with van der Waals surface area (Å²) in [4.78, 5) is 4.27. The number of methoxy groups -OCH3 is 2. The molecule has 26 heavy (non-hydrogen) atoms. The van der Waals surface area contributed by atoms with Crippen LogP contribution in [-0.4, -0.2) is 33.8 Å². The Balaban J connectivity index is 0.00000338. The number of benzene rings is 2. The maximum atomic E-state index is 5.29. The molecule has 0 saturated carbocycles. The fraction of sp³-hybridized carbons (Fsp3) is 0.350. The van der Waals surface area contributed by atoms with E-state index in [1.807, 2.05) is 25.1 Å². The Labute approximate surface area is 173 Å². The van der Waals surface area contributed by atoms with Gasteiger partial charge in [0.2, 0.25) is 0 Å². The number of nitrogens with one attached hydrogen (secondary N) is 2. The van der Waals surface area contributed by atoms with Gasteiger partial charge in [0, 0.05) is 20.1 Å². The van der Waals surface area contributed by atoms with Crippen LogP contribution in [0.4, 0.5) is 0 Å².